The number of aromatic nitrogens is 2. The number of rotatable bonds is 4. The first-order chi connectivity index (χ1) is 9.84. The fourth-order valence-electron chi connectivity index (χ4n) is 1.24. The molecule has 2 rings (SSSR count). The molecule has 0 bridgehead atoms. The number of hydrazone groups is 2. The fourth-order valence-corrected chi connectivity index (χ4v) is 1.35. The minimum absolute atomic E-state index is 0. The molecule has 2 N–H and O–H groups in total. The predicted molar refractivity (Wildman–Crippen MR) is 82.5 cm³/mol. The number of nitrogens with zero attached hydrogens (tertiary/aromatic N) is 4. The average molecular weight is 509 g/mol. The smallest absolute Gasteiger partial charge is 0.255 e. The molecule has 2 aromatic rings. The molecule has 0 aliphatic rings. The molecule has 2 heterocycles. The van der Waals surface area contributed by atoms with Crippen molar-refractivity contribution in [3.05, 3.63) is 60.2 Å². The van der Waals surface area contributed by atoms with Gasteiger partial charge in [0.2, 0.25) is 5.11 Å². The van der Waals surface area contributed by atoms with Gasteiger partial charge in [-0.25, -0.2) is 0 Å². The summed E-state index contributed by atoms with van der Waals surface area (Å²) in [5.41, 5.74) is 6.74. The van der Waals surface area contributed by atoms with Gasteiger partial charge in [-0.05, 0) is 36.5 Å². The summed E-state index contributed by atoms with van der Waals surface area (Å²) in [6, 6.07) is 11.1. The van der Waals surface area contributed by atoms with Crippen LogP contribution in [-0.2, 0) is 54.6 Å². The first-order valence-electron chi connectivity index (χ1n) is 5.79. The van der Waals surface area contributed by atoms with Crippen LogP contribution in [0.15, 0.2) is 59.0 Å². The minimum Gasteiger partial charge on any atom is -0.255 e. The van der Waals surface area contributed by atoms with E-state index in [1.165, 1.54) is 0 Å². The number of nitrogens with one attached hydrogen (secondary N) is 2. The van der Waals surface area contributed by atoms with E-state index in [4.69, 9.17) is 12.2 Å². The molecule has 0 saturated carbocycles. The van der Waals surface area contributed by atoms with Crippen molar-refractivity contribution in [2.24, 2.45) is 10.2 Å². The third-order valence-corrected chi connectivity index (χ3v) is 2.28. The minimum atomic E-state index is 0. The standard InChI is InChI=1S/C13H12N6S.2Cd/c20-13(18-16-9-11-5-1-3-7-14-11)19-17-10-12-6-2-4-8-15-12;;/h1-10H,(H2,18,19,20);;/q;2*+2/b16-9+,17-10+;;. The van der Waals surface area contributed by atoms with Gasteiger partial charge in [0.05, 0.1) is 23.8 Å². The summed E-state index contributed by atoms with van der Waals surface area (Å²) in [4.78, 5) is 8.17. The predicted octanol–water partition coefficient (Wildman–Crippen LogP) is 1.30. The van der Waals surface area contributed by atoms with Gasteiger partial charge in [-0.2, -0.15) is 10.2 Å². The second-order valence-corrected chi connectivity index (χ2v) is 3.99. The normalized spacial score (nSPS) is 9.82. The van der Waals surface area contributed by atoms with Crippen LogP contribution in [0.2, 0.25) is 0 Å². The van der Waals surface area contributed by atoms with Crippen LogP contribution in [0, 0.1) is 0 Å². The van der Waals surface area contributed by atoms with Gasteiger partial charge in [0.15, 0.2) is 0 Å². The molecule has 0 atom stereocenters. The van der Waals surface area contributed by atoms with E-state index in [9.17, 15) is 0 Å². The van der Waals surface area contributed by atoms with Gasteiger partial charge in [0, 0.05) is 12.4 Å². The van der Waals surface area contributed by atoms with E-state index >= 15 is 0 Å². The number of hydrogen-bond acceptors (Lipinski definition) is 5. The maximum absolute atomic E-state index is 4.99. The van der Waals surface area contributed by atoms with Gasteiger partial charge in [0.25, 0.3) is 0 Å². The third kappa shape index (κ3) is 8.58. The van der Waals surface area contributed by atoms with Gasteiger partial charge in [0.1, 0.15) is 0 Å². The zero-order valence-corrected chi connectivity index (χ0v) is 20.8. The Morgan fingerprint density at radius 1 is 0.864 bits per heavy atom. The van der Waals surface area contributed by atoms with Crippen LogP contribution in [0.3, 0.4) is 0 Å². The molecule has 9 heteroatoms. The van der Waals surface area contributed by atoms with Gasteiger partial charge >= 0.3 is 54.6 Å². The van der Waals surface area contributed by atoms with Crippen molar-refractivity contribution in [1.82, 2.24) is 20.8 Å². The van der Waals surface area contributed by atoms with Gasteiger partial charge < -0.3 is 0 Å². The van der Waals surface area contributed by atoms with Gasteiger partial charge in [-0.15, -0.1) is 0 Å². The Morgan fingerprint density at radius 3 is 1.68 bits per heavy atom. The number of thiocarbonyl (C=S) groups is 1. The summed E-state index contributed by atoms with van der Waals surface area (Å²) in [5.74, 6) is 0. The van der Waals surface area contributed by atoms with Crippen LogP contribution >= 0.6 is 12.2 Å². The summed E-state index contributed by atoms with van der Waals surface area (Å²) in [6.07, 6.45) is 6.51. The Bertz CT molecular complexity index is 553. The quantitative estimate of drug-likeness (QED) is 0.282. The van der Waals surface area contributed by atoms with Crippen molar-refractivity contribution < 1.29 is 54.6 Å². The van der Waals surface area contributed by atoms with E-state index in [0.717, 1.165) is 11.4 Å². The molecule has 0 aliphatic carbocycles. The Hall–Kier alpha value is -0.826. The van der Waals surface area contributed by atoms with Crippen molar-refractivity contribution in [2.45, 2.75) is 0 Å². The molecule has 0 saturated heterocycles. The average Bonchev–Trinajstić information content (AvgIpc) is 2.49. The molecule has 22 heavy (non-hydrogen) atoms. The molecule has 0 spiro atoms. The zero-order chi connectivity index (χ0) is 14.0. The first kappa shape index (κ1) is 21.2. The van der Waals surface area contributed by atoms with E-state index in [2.05, 4.69) is 31.0 Å². The summed E-state index contributed by atoms with van der Waals surface area (Å²) < 4.78 is 0. The molecule has 2 aromatic heterocycles. The van der Waals surface area contributed by atoms with E-state index in [0.29, 0.717) is 0 Å². The molecular formula is C13H12Cd2N6S+4. The van der Waals surface area contributed by atoms with Gasteiger partial charge in [-0.1, -0.05) is 12.1 Å². The Morgan fingerprint density at radius 2 is 1.32 bits per heavy atom. The molecule has 6 nitrogen and oxygen atoms in total. The van der Waals surface area contributed by atoms with Crippen LogP contribution in [0.25, 0.3) is 0 Å². The summed E-state index contributed by atoms with van der Waals surface area (Å²) in [7, 11) is 0. The second kappa shape index (κ2) is 12.7. The molecular weight excluding hydrogens is 497 g/mol. The Balaban J connectivity index is 0.00000220. The van der Waals surface area contributed by atoms with Crippen molar-refractivity contribution in [3.8, 4) is 0 Å². The van der Waals surface area contributed by atoms with Crippen molar-refractivity contribution >= 4 is 29.8 Å². The summed E-state index contributed by atoms with van der Waals surface area (Å²) >= 11 is 4.99. The van der Waals surface area contributed by atoms with Crippen molar-refractivity contribution in [2.75, 3.05) is 0 Å². The molecule has 0 fully saturated rings. The molecule has 0 amide bonds. The largest absolute Gasteiger partial charge is 2.00 e. The number of hydrogen-bond donors (Lipinski definition) is 2. The third-order valence-electron chi connectivity index (χ3n) is 2.10. The molecule has 0 radical (unpaired) electrons. The zero-order valence-electron chi connectivity index (χ0n) is 11.9. The Labute approximate surface area is 174 Å². The van der Waals surface area contributed by atoms with Crippen LogP contribution in [-0.4, -0.2) is 27.5 Å². The molecule has 0 unspecified atom stereocenters. The summed E-state index contributed by atoms with van der Waals surface area (Å²) in [6.45, 7) is 0. The fraction of sp³-hybridized carbons (Fsp3) is 0. The first-order valence-corrected chi connectivity index (χ1v) is 6.19. The van der Waals surface area contributed by atoms with E-state index in [1.807, 2.05) is 36.4 Å². The van der Waals surface area contributed by atoms with Crippen molar-refractivity contribution in [3.63, 3.8) is 0 Å². The molecule has 0 aromatic carbocycles. The second-order valence-electron chi connectivity index (χ2n) is 3.58. The van der Waals surface area contributed by atoms with Crippen LogP contribution in [0.1, 0.15) is 11.4 Å². The van der Waals surface area contributed by atoms with Crippen molar-refractivity contribution in [1.29, 1.82) is 0 Å². The van der Waals surface area contributed by atoms with Crippen LogP contribution in [0.5, 0.6) is 0 Å². The maximum atomic E-state index is 4.99. The molecule has 0 aliphatic heterocycles. The van der Waals surface area contributed by atoms with Gasteiger partial charge in [-0.3, -0.25) is 20.8 Å². The number of pyridine rings is 2. The van der Waals surface area contributed by atoms with E-state index in [1.54, 1.807) is 24.8 Å². The van der Waals surface area contributed by atoms with Crippen LogP contribution < -0.4 is 10.9 Å². The van der Waals surface area contributed by atoms with Crippen LogP contribution in [0.4, 0.5) is 0 Å². The summed E-state index contributed by atoms with van der Waals surface area (Å²) in [5, 5.41) is 8.15. The Kier molecular flexibility index (Phi) is 12.2. The SMILES string of the molecule is S=C(N/N=C/c1ccccn1)N/N=C/c1ccccn1.[Cd+2].[Cd+2]. The topological polar surface area (TPSA) is 74.6 Å². The van der Waals surface area contributed by atoms with E-state index < -0.39 is 0 Å². The molecule has 100 valence electrons. The maximum Gasteiger partial charge on any atom is 2.00 e. The monoisotopic (exact) mass is 512 g/mol. The van der Waals surface area contributed by atoms with E-state index in [-0.39, 0.29) is 59.7 Å².